The third-order valence-corrected chi connectivity index (χ3v) is 2.59. The lowest BCUT2D eigenvalue weighted by molar-refractivity contribution is 0.0929. The molecular weight excluding hydrogens is 202 g/mol. The second-order valence-electron chi connectivity index (χ2n) is 3.96. The number of aryl methyl sites for hydroxylation is 1. The van der Waals surface area contributed by atoms with Crippen LogP contribution in [-0.4, -0.2) is 23.7 Å². The molecule has 1 unspecified atom stereocenters. The molecule has 0 aliphatic rings. The van der Waals surface area contributed by atoms with Gasteiger partial charge in [0.15, 0.2) is 0 Å². The van der Waals surface area contributed by atoms with Gasteiger partial charge in [-0.25, -0.2) is 0 Å². The van der Waals surface area contributed by atoms with Gasteiger partial charge in [0, 0.05) is 18.2 Å². The second-order valence-corrected chi connectivity index (χ2v) is 3.96. The van der Waals surface area contributed by atoms with Gasteiger partial charge in [-0.15, -0.1) is 0 Å². The summed E-state index contributed by atoms with van der Waals surface area (Å²) >= 11 is 0. The Hall–Kier alpha value is -1.35. The van der Waals surface area contributed by atoms with Crippen molar-refractivity contribution < 1.29 is 9.90 Å². The van der Waals surface area contributed by atoms with Crippen LogP contribution in [-0.2, 0) is 0 Å². The van der Waals surface area contributed by atoms with Gasteiger partial charge in [-0.2, -0.15) is 0 Å². The Labute approximate surface area is 96.5 Å². The topological polar surface area (TPSA) is 49.3 Å². The number of nitrogens with one attached hydrogen (secondary N) is 1. The van der Waals surface area contributed by atoms with Gasteiger partial charge in [-0.3, -0.25) is 4.79 Å². The lowest BCUT2D eigenvalue weighted by Gasteiger charge is -2.15. The maximum Gasteiger partial charge on any atom is 0.251 e. The van der Waals surface area contributed by atoms with Gasteiger partial charge < -0.3 is 10.4 Å². The average molecular weight is 221 g/mol. The number of aliphatic hydroxyl groups excluding tert-OH is 1. The van der Waals surface area contributed by atoms with Gasteiger partial charge in [0.2, 0.25) is 0 Å². The molecule has 1 atom stereocenters. The molecule has 0 fully saturated rings. The second kappa shape index (κ2) is 6.28. The number of carbonyl (C=O) groups is 1. The molecule has 0 radical (unpaired) electrons. The number of hydrogen-bond donors (Lipinski definition) is 2. The number of amides is 1. The van der Waals surface area contributed by atoms with Crippen LogP contribution in [0.15, 0.2) is 24.3 Å². The van der Waals surface area contributed by atoms with E-state index in [0.29, 0.717) is 12.0 Å². The monoisotopic (exact) mass is 221 g/mol. The molecule has 3 nitrogen and oxygen atoms in total. The van der Waals surface area contributed by atoms with E-state index in [9.17, 15) is 4.79 Å². The molecule has 0 saturated carbocycles. The van der Waals surface area contributed by atoms with Crippen molar-refractivity contribution in [2.24, 2.45) is 0 Å². The van der Waals surface area contributed by atoms with E-state index in [-0.39, 0.29) is 18.6 Å². The van der Waals surface area contributed by atoms with Crippen LogP contribution in [0, 0.1) is 6.92 Å². The summed E-state index contributed by atoms with van der Waals surface area (Å²) in [5, 5.41) is 11.8. The minimum absolute atomic E-state index is 0.0537. The molecule has 1 aromatic carbocycles. The highest BCUT2D eigenvalue weighted by atomic mass is 16.3. The molecule has 0 saturated heterocycles. The Bertz CT molecular complexity index is 350. The molecule has 16 heavy (non-hydrogen) atoms. The molecule has 1 rings (SSSR count). The quantitative estimate of drug-likeness (QED) is 0.797. The van der Waals surface area contributed by atoms with Crippen molar-refractivity contribution in [3.63, 3.8) is 0 Å². The van der Waals surface area contributed by atoms with Crippen LogP contribution in [0.1, 0.15) is 35.7 Å². The normalized spacial score (nSPS) is 12.2. The van der Waals surface area contributed by atoms with E-state index in [4.69, 9.17) is 5.11 Å². The maximum atomic E-state index is 11.8. The fraction of sp³-hybridized carbons (Fsp3) is 0.462. The fourth-order valence-electron chi connectivity index (χ4n) is 1.59. The van der Waals surface area contributed by atoms with E-state index in [1.54, 1.807) is 6.07 Å². The molecular formula is C13H19NO2. The van der Waals surface area contributed by atoms with Crippen LogP contribution in [0.4, 0.5) is 0 Å². The molecule has 3 heteroatoms. The standard InChI is InChI=1S/C13H19NO2/c1-3-12(7-8-15)14-13(16)11-6-4-5-10(2)9-11/h4-6,9,12,15H,3,7-8H2,1-2H3,(H,14,16). The molecule has 1 amide bonds. The SMILES string of the molecule is CCC(CCO)NC(=O)c1cccc(C)c1. The molecule has 0 aliphatic carbocycles. The van der Waals surface area contributed by atoms with Crippen molar-refractivity contribution in [3.05, 3.63) is 35.4 Å². The molecule has 0 bridgehead atoms. The van der Waals surface area contributed by atoms with E-state index in [1.807, 2.05) is 32.0 Å². The van der Waals surface area contributed by atoms with Crippen LogP contribution in [0.25, 0.3) is 0 Å². The van der Waals surface area contributed by atoms with E-state index >= 15 is 0 Å². The van der Waals surface area contributed by atoms with Crippen LogP contribution < -0.4 is 5.32 Å². The summed E-state index contributed by atoms with van der Waals surface area (Å²) in [5.74, 6) is -0.0657. The molecule has 0 aromatic heterocycles. The molecule has 2 N–H and O–H groups in total. The minimum Gasteiger partial charge on any atom is -0.396 e. The summed E-state index contributed by atoms with van der Waals surface area (Å²) in [6, 6.07) is 7.55. The lowest BCUT2D eigenvalue weighted by atomic mass is 10.1. The van der Waals surface area contributed by atoms with Crippen LogP contribution in [0.5, 0.6) is 0 Å². The zero-order valence-electron chi connectivity index (χ0n) is 9.86. The number of carbonyl (C=O) groups excluding carboxylic acids is 1. The van der Waals surface area contributed by atoms with Crippen LogP contribution >= 0.6 is 0 Å². The van der Waals surface area contributed by atoms with Gasteiger partial charge in [0.05, 0.1) is 0 Å². The summed E-state index contributed by atoms with van der Waals surface area (Å²) in [4.78, 5) is 11.8. The summed E-state index contributed by atoms with van der Waals surface area (Å²) in [6.07, 6.45) is 1.44. The first-order chi connectivity index (χ1) is 7.67. The van der Waals surface area contributed by atoms with Crippen molar-refractivity contribution in [2.45, 2.75) is 32.7 Å². The van der Waals surface area contributed by atoms with Crippen molar-refractivity contribution in [2.75, 3.05) is 6.61 Å². The summed E-state index contributed by atoms with van der Waals surface area (Å²) < 4.78 is 0. The predicted octanol–water partition coefficient (Wildman–Crippen LogP) is 1.89. The van der Waals surface area contributed by atoms with Gasteiger partial charge in [0.25, 0.3) is 5.91 Å². The van der Waals surface area contributed by atoms with Crippen molar-refractivity contribution >= 4 is 5.91 Å². The fourth-order valence-corrected chi connectivity index (χ4v) is 1.59. The Morgan fingerprint density at radius 1 is 1.50 bits per heavy atom. The average Bonchev–Trinajstić information content (AvgIpc) is 2.28. The Balaban J connectivity index is 2.64. The molecule has 88 valence electrons. The minimum atomic E-state index is -0.0657. The Morgan fingerprint density at radius 2 is 2.25 bits per heavy atom. The molecule has 0 heterocycles. The highest BCUT2D eigenvalue weighted by molar-refractivity contribution is 5.94. The van der Waals surface area contributed by atoms with Gasteiger partial charge in [0.1, 0.15) is 0 Å². The van der Waals surface area contributed by atoms with E-state index in [1.165, 1.54) is 0 Å². The maximum absolute atomic E-state index is 11.8. The third kappa shape index (κ3) is 3.66. The Morgan fingerprint density at radius 3 is 2.81 bits per heavy atom. The summed E-state index contributed by atoms with van der Waals surface area (Å²) in [7, 11) is 0. The highest BCUT2D eigenvalue weighted by Crippen LogP contribution is 2.05. The number of rotatable bonds is 5. The van der Waals surface area contributed by atoms with Crippen LogP contribution in [0.3, 0.4) is 0 Å². The summed E-state index contributed by atoms with van der Waals surface area (Å²) in [6.45, 7) is 4.06. The van der Waals surface area contributed by atoms with Gasteiger partial charge >= 0.3 is 0 Å². The predicted molar refractivity (Wildman–Crippen MR) is 64.4 cm³/mol. The largest absolute Gasteiger partial charge is 0.396 e. The van der Waals surface area contributed by atoms with Crippen molar-refractivity contribution in [1.29, 1.82) is 0 Å². The summed E-state index contributed by atoms with van der Waals surface area (Å²) in [5.41, 5.74) is 1.75. The number of aliphatic hydroxyl groups is 1. The van der Waals surface area contributed by atoms with E-state index in [2.05, 4.69) is 5.32 Å². The van der Waals surface area contributed by atoms with E-state index in [0.717, 1.165) is 12.0 Å². The smallest absolute Gasteiger partial charge is 0.251 e. The Kier molecular flexibility index (Phi) is 4.99. The van der Waals surface area contributed by atoms with Crippen LogP contribution in [0.2, 0.25) is 0 Å². The van der Waals surface area contributed by atoms with Crippen molar-refractivity contribution in [1.82, 2.24) is 5.32 Å². The highest BCUT2D eigenvalue weighted by Gasteiger charge is 2.11. The third-order valence-electron chi connectivity index (χ3n) is 2.59. The van der Waals surface area contributed by atoms with E-state index < -0.39 is 0 Å². The number of benzene rings is 1. The zero-order valence-corrected chi connectivity index (χ0v) is 9.86. The molecule has 0 spiro atoms. The van der Waals surface area contributed by atoms with Crippen molar-refractivity contribution in [3.8, 4) is 0 Å². The molecule has 1 aromatic rings. The number of hydrogen-bond acceptors (Lipinski definition) is 2. The van der Waals surface area contributed by atoms with Gasteiger partial charge in [-0.1, -0.05) is 24.6 Å². The lowest BCUT2D eigenvalue weighted by Crippen LogP contribution is -2.35. The first kappa shape index (κ1) is 12.7. The molecule has 0 aliphatic heterocycles. The zero-order chi connectivity index (χ0) is 12.0. The first-order valence-corrected chi connectivity index (χ1v) is 5.65. The van der Waals surface area contributed by atoms with Gasteiger partial charge in [-0.05, 0) is 31.9 Å². The first-order valence-electron chi connectivity index (χ1n) is 5.65.